The number of hydrogen-bond acceptors (Lipinski definition) is 1. The SMILES string of the molecule is Cc1ccc2occ(C=C(F)F)c2c1. The average molecular weight is 194 g/mol. The molecular formula is C11H8F2O. The molecular weight excluding hydrogens is 186 g/mol. The molecule has 0 unspecified atom stereocenters. The highest BCUT2D eigenvalue weighted by atomic mass is 19.3. The maximum atomic E-state index is 12.0. The van der Waals surface area contributed by atoms with Crippen molar-refractivity contribution >= 4 is 17.0 Å². The zero-order valence-corrected chi connectivity index (χ0v) is 7.55. The summed E-state index contributed by atoms with van der Waals surface area (Å²) < 4.78 is 29.2. The maximum absolute atomic E-state index is 12.0. The highest BCUT2D eigenvalue weighted by Gasteiger charge is 2.04. The number of fused-ring (bicyclic) bond motifs is 1. The van der Waals surface area contributed by atoms with Gasteiger partial charge in [0.05, 0.1) is 6.26 Å². The van der Waals surface area contributed by atoms with Gasteiger partial charge in [-0.05, 0) is 19.1 Å². The number of halogens is 2. The van der Waals surface area contributed by atoms with Crippen molar-refractivity contribution in [3.05, 3.63) is 41.7 Å². The van der Waals surface area contributed by atoms with Crippen molar-refractivity contribution in [3.63, 3.8) is 0 Å². The van der Waals surface area contributed by atoms with Gasteiger partial charge in [0, 0.05) is 17.0 Å². The van der Waals surface area contributed by atoms with Gasteiger partial charge in [-0.25, -0.2) is 0 Å². The van der Waals surface area contributed by atoms with E-state index < -0.39 is 6.08 Å². The molecule has 0 spiro atoms. The van der Waals surface area contributed by atoms with Crippen LogP contribution in [-0.4, -0.2) is 0 Å². The number of rotatable bonds is 1. The molecule has 0 fully saturated rings. The van der Waals surface area contributed by atoms with Crippen LogP contribution in [-0.2, 0) is 0 Å². The van der Waals surface area contributed by atoms with Crippen LogP contribution in [0.5, 0.6) is 0 Å². The average Bonchev–Trinajstić information content (AvgIpc) is 2.47. The van der Waals surface area contributed by atoms with E-state index in [0.29, 0.717) is 11.1 Å². The fourth-order valence-corrected chi connectivity index (χ4v) is 1.39. The van der Waals surface area contributed by atoms with Crippen molar-refractivity contribution in [2.45, 2.75) is 6.92 Å². The third kappa shape index (κ3) is 1.53. The Morgan fingerprint density at radius 1 is 1.36 bits per heavy atom. The zero-order valence-electron chi connectivity index (χ0n) is 7.55. The molecule has 0 saturated heterocycles. The maximum Gasteiger partial charge on any atom is 0.271 e. The number of hydrogen-bond donors (Lipinski definition) is 0. The van der Waals surface area contributed by atoms with Gasteiger partial charge in [0.2, 0.25) is 0 Å². The summed E-state index contributed by atoms with van der Waals surface area (Å²) >= 11 is 0. The fraction of sp³-hybridized carbons (Fsp3) is 0.0909. The molecule has 3 heteroatoms. The molecule has 0 bridgehead atoms. The second-order valence-electron chi connectivity index (χ2n) is 3.12. The lowest BCUT2D eigenvalue weighted by atomic mass is 10.1. The van der Waals surface area contributed by atoms with E-state index in [1.165, 1.54) is 6.26 Å². The molecule has 0 aliphatic heterocycles. The van der Waals surface area contributed by atoms with E-state index in [0.717, 1.165) is 17.0 Å². The molecule has 1 aromatic heterocycles. The van der Waals surface area contributed by atoms with Gasteiger partial charge in [-0.2, -0.15) is 8.78 Å². The Labute approximate surface area is 79.6 Å². The van der Waals surface area contributed by atoms with E-state index in [4.69, 9.17) is 4.42 Å². The Morgan fingerprint density at radius 3 is 2.86 bits per heavy atom. The zero-order chi connectivity index (χ0) is 10.1. The molecule has 0 amide bonds. The smallest absolute Gasteiger partial charge is 0.271 e. The van der Waals surface area contributed by atoms with Crippen LogP contribution in [0.2, 0.25) is 0 Å². The second kappa shape index (κ2) is 3.25. The summed E-state index contributed by atoms with van der Waals surface area (Å²) in [5.41, 5.74) is 2.07. The Bertz CT molecular complexity index is 493. The molecule has 0 atom stereocenters. The van der Waals surface area contributed by atoms with Gasteiger partial charge in [0.25, 0.3) is 6.08 Å². The van der Waals surface area contributed by atoms with Crippen LogP contribution >= 0.6 is 0 Å². The highest BCUT2D eigenvalue weighted by Crippen LogP contribution is 2.24. The van der Waals surface area contributed by atoms with Crippen LogP contribution in [0.4, 0.5) is 8.78 Å². The van der Waals surface area contributed by atoms with Gasteiger partial charge in [0.1, 0.15) is 5.58 Å². The molecule has 72 valence electrons. The molecule has 0 aliphatic carbocycles. The predicted octanol–water partition coefficient (Wildman–Crippen LogP) is 3.98. The van der Waals surface area contributed by atoms with Crippen LogP contribution < -0.4 is 0 Å². The summed E-state index contributed by atoms with van der Waals surface area (Å²) in [7, 11) is 0. The normalized spacial score (nSPS) is 10.5. The van der Waals surface area contributed by atoms with Crippen molar-refractivity contribution in [2.75, 3.05) is 0 Å². The molecule has 14 heavy (non-hydrogen) atoms. The minimum atomic E-state index is -1.71. The standard InChI is InChI=1S/C11H8F2O/c1-7-2-3-10-9(4-7)8(6-14-10)5-11(12)13/h2-6H,1H3. The quantitative estimate of drug-likeness (QED) is 0.669. The molecule has 0 radical (unpaired) electrons. The van der Waals surface area contributed by atoms with Gasteiger partial charge in [-0.15, -0.1) is 0 Å². The molecule has 0 N–H and O–H groups in total. The van der Waals surface area contributed by atoms with Crippen molar-refractivity contribution in [3.8, 4) is 0 Å². The van der Waals surface area contributed by atoms with Crippen LogP contribution in [0, 0.1) is 6.92 Å². The van der Waals surface area contributed by atoms with Gasteiger partial charge in [-0.1, -0.05) is 11.6 Å². The van der Waals surface area contributed by atoms with Crippen LogP contribution in [0.25, 0.3) is 17.0 Å². The monoisotopic (exact) mass is 194 g/mol. The largest absolute Gasteiger partial charge is 0.464 e. The first kappa shape index (κ1) is 8.94. The first-order chi connectivity index (χ1) is 6.66. The lowest BCUT2D eigenvalue weighted by molar-refractivity contribution is 0.429. The molecule has 1 nitrogen and oxygen atoms in total. The van der Waals surface area contributed by atoms with Gasteiger partial charge in [-0.3, -0.25) is 0 Å². The lowest BCUT2D eigenvalue weighted by Crippen LogP contribution is -1.72. The van der Waals surface area contributed by atoms with Gasteiger partial charge in [0.15, 0.2) is 0 Å². The molecule has 1 heterocycles. The van der Waals surface area contributed by atoms with E-state index in [-0.39, 0.29) is 0 Å². The molecule has 0 aliphatic rings. The van der Waals surface area contributed by atoms with Crippen LogP contribution in [0.15, 0.2) is 35.0 Å². The Morgan fingerprint density at radius 2 is 2.14 bits per heavy atom. The first-order valence-corrected chi connectivity index (χ1v) is 4.17. The Kier molecular flexibility index (Phi) is 2.08. The Balaban J connectivity index is 2.67. The number of benzene rings is 1. The highest BCUT2D eigenvalue weighted by molar-refractivity contribution is 5.87. The third-order valence-corrected chi connectivity index (χ3v) is 2.02. The van der Waals surface area contributed by atoms with E-state index in [9.17, 15) is 8.78 Å². The van der Waals surface area contributed by atoms with Gasteiger partial charge >= 0.3 is 0 Å². The van der Waals surface area contributed by atoms with E-state index in [1.807, 2.05) is 19.1 Å². The van der Waals surface area contributed by atoms with Crippen molar-refractivity contribution in [1.82, 2.24) is 0 Å². The van der Waals surface area contributed by atoms with E-state index in [1.54, 1.807) is 6.07 Å². The third-order valence-electron chi connectivity index (χ3n) is 2.02. The number of furan rings is 1. The second-order valence-corrected chi connectivity index (χ2v) is 3.12. The summed E-state index contributed by atoms with van der Waals surface area (Å²) in [6.45, 7) is 1.91. The summed E-state index contributed by atoms with van der Waals surface area (Å²) in [5.74, 6) is 0. The van der Waals surface area contributed by atoms with E-state index in [2.05, 4.69) is 0 Å². The molecule has 1 aromatic carbocycles. The first-order valence-electron chi connectivity index (χ1n) is 4.17. The molecule has 2 aromatic rings. The van der Waals surface area contributed by atoms with Crippen molar-refractivity contribution < 1.29 is 13.2 Å². The van der Waals surface area contributed by atoms with Gasteiger partial charge < -0.3 is 4.42 Å². The minimum absolute atomic E-state index is 0.420. The fourth-order valence-electron chi connectivity index (χ4n) is 1.39. The summed E-state index contributed by atoms with van der Waals surface area (Å²) in [6.07, 6.45) is 0.434. The topological polar surface area (TPSA) is 13.1 Å². The van der Waals surface area contributed by atoms with Crippen molar-refractivity contribution in [1.29, 1.82) is 0 Å². The Hall–Kier alpha value is -1.64. The summed E-state index contributed by atoms with van der Waals surface area (Å²) in [4.78, 5) is 0. The lowest BCUT2D eigenvalue weighted by Gasteiger charge is -1.92. The minimum Gasteiger partial charge on any atom is -0.464 e. The van der Waals surface area contributed by atoms with Crippen LogP contribution in [0.3, 0.4) is 0 Å². The molecule has 0 saturated carbocycles. The number of aryl methyl sites for hydroxylation is 1. The van der Waals surface area contributed by atoms with Crippen molar-refractivity contribution in [2.24, 2.45) is 0 Å². The van der Waals surface area contributed by atoms with Crippen LogP contribution in [0.1, 0.15) is 11.1 Å². The summed E-state index contributed by atoms with van der Waals surface area (Å²) in [6, 6.07) is 5.48. The predicted molar refractivity (Wildman–Crippen MR) is 51.1 cm³/mol. The van der Waals surface area contributed by atoms with E-state index >= 15 is 0 Å². The molecule has 2 rings (SSSR count). The summed E-state index contributed by atoms with van der Waals surface area (Å²) in [5, 5.41) is 0.720.